The van der Waals surface area contributed by atoms with E-state index in [2.05, 4.69) is 48.5 Å². The zero-order valence-corrected chi connectivity index (χ0v) is 21.1. The number of fused-ring (bicyclic) bond motifs is 1. The smallest absolute Gasteiger partial charge is 0.271 e. The largest absolute Gasteiger partial charge is 0.369 e. The molecule has 0 aromatic carbocycles. The Kier molecular flexibility index (Phi) is 6.92. The van der Waals surface area contributed by atoms with Crippen molar-refractivity contribution in [3.05, 3.63) is 41.9 Å². The molecule has 1 amide bonds. The van der Waals surface area contributed by atoms with Crippen LogP contribution < -0.4 is 15.5 Å². The van der Waals surface area contributed by atoms with E-state index >= 15 is 0 Å². The number of nitrogens with one attached hydrogen (secondary N) is 2. The molecule has 1 atom stereocenters. The van der Waals surface area contributed by atoms with Crippen LogP contribution in [0.5, 0.6) is 0 Å². The summed E-state index contributed by atoms with van der Waals surface area (Å²) in [6.45, 7) is 6.14. The number of piperidine rings is 1. The summed E-state index contributed by atoms with van der Waals surface area (Å²) in [5.74, 6) is 1.36. The van der Waals surface area contributed by atoms with Crippen LogP contribution in [0.25, 0.3) is 0 Å². The first kappa shape index (κ1) is 23.6. The molecule has 1 aromatic rings. The van der Waals surface area contributed by atoms with Gasteiger partial charge in [0.2, 0.25) is 5.96 Å². The first-order chi connectivity index (χ1) is 17.0. The Bertz CT molecular complexity index is 1010. The quantitative estimate of drug-likeness (QED) is 0.672. The van der Waals surface area contributed by atoms with Crippen molar-refractivity contribution in [2.24, 2.45) is 4.99 Å². The average molecular weight is 480 g/mol. The van der Waals surface area contributed by atoms with Gasteiger partial charge in [-0.3, -0.25) is 9.80 Å². The third kappa shape index (κ3) is 5.13. The van der Waals surface area contributed by atoms with Crippen LogP contribution >= 0.6 is 0 Å². The van der Waals surface area contributed by atoms with E-state index < -0.39 is 0 Å². The number of amides is 1. The van der Waals surface area contributed by atoms with Crippen LogP contribution in [-0.4, -0.2) is 103 Å². The van der Waals surface area contributed by atoms with Gasteiger partial charge >= 0.3 is 0 Å². The van der Waals surface area contributed by atoms with Gasteiger partial charge in [0, 0.05) is 58.6 Å². The molecule has 188 valence electrons. The number of anilines is 2. The minimum absolute atomic E-state index is 0.00690. The highest BCUT2D eigenvalue weighted by Gasteiger charge is 2.39. The third-order valence-electron chi connectivity index (χ3n) is 7.05. The van der Waals surface area contributed by atoms with Gasteiger partial charge in [-0.25, -0.2) is 15.0 Å². The molecule has 2 fully saturated rings. The fourth-order valence-electron chi connectivity index (χ4n) is 5.06. The van der Waals surface area contributed by atoms with Gasteiger partial charge < -0.3 is 25.3 Å². The number of likely N-dealkylation sites (N-methyl/N-ethyl adjacent to an activating group) is 2. The van der Waals surface area contributed by atoms with Crippen LogP contribution in [0.3, 0.4) is 0 Å². The van der Waals surface area contributed by atoms with Crippen molar-refractivity contribution in [3.8, 4) is 0 Å². The molecule has 10 nitrogen and oxygen atoms in total. The van der Waals surface area contributed by atoms with Crippen LogP contribution in [0.1, 0.15) is 25.7 Å². The van der Waals surface area contributed by atoms with Gasteiger partial charge in [-0.15, -0.1) is 0 Å². The topological polar surface area (TPSA) is 82.6 Å². The Morgan fingerprint density at radius 3 is 2.63 bits per heavy atom. The second-order valence-corrected chi connectivity index (χ2v) is 9.90. The van der Waals surface area contributed by atoms with Crippen LogP contribution in [0.2, 0.25) is 0 Å². The summed E-state index contributed by atoms with van der Waals surface area (Å²) in [5, 5.41) is 10.9. The van der Waals surface area contributed by atoms with Crippen molar-refractivity contribution in [2.45, 2.75) is 31.8 Å². The van der Waals surface area contributed by atoms with Crippen molar-refractivity contribution in [1.82, 2.24) is 30.1 Å². The molecule has 5 rings (SSSR count). The number of hydrogen-bond donors (Lipinski definition) is 2. The molecule has 0 bridgehead atoms. The Hall–Kier alpha value is -3.11. The molecule has 1 unspecified atom stereocenters. The van der Waals surface area contributed by atoms with Gasteiger partial charge in [0.05, 0.1) is 11.9 Å². The summed E-state index contributed by atoms with van der Waals surface area (Å²) in [5.41, 5.74) is 2.81. The summed E-state index contributed by atoms with van der Waals surface area (Å²) >= 11 is 0. The number of hydrogen-bond acceptors (Lipinski definition) is 9. The van der Waals surface area contributed by atoms with E-state index in [4.69, 9.17) is 4.99 Å². The lowest BCUT2D eigenvalue weighted by Crippen LogP contribution is -2.51. The molecule has 0 radical (unpaired) electrons. The number of nitrogens with zero attached hydrogens (tertiary/aromatic N) is 7. The molecule has 35 heavy (non-hydrogen) atoms. The maximum absolute atomic E-state index is 13.0. The monoisotopic (exact) mass is 479 g/mol. The van der Waals surface area contributed by atoms with Gasteiger partial charge in [-0.2, -0.15) is 0 Å². The fourth-order valence-corrected chi connectivity index (χ4v) is 5.06. The van der Waals surface area contributed by atoms with Crippen LogP contribution in [0.4, 0.5) is 11.5 Å². The lowest BCUT2D eigenvalue weighted by atomic mass is 10.1. The molecule has 2 saturated heterocycles. The Labute approximate surface area is 207 Å². The Balaban J connectivity index is 1.31. The summed E-state index contributed by atoms with van der Waals surface area (Å²) in [6, 6.07) is 4.12. The fraction of sp³-hybridized carbons (Fsp3) is 0.560. The number of carbonyl (C=O) groups is 1. The van der Waals surface area contributed by atoms with E-state index in [9.17, 15) is 4.79 Å². The molecular formula is C25H37N9O. The maximum atomic E-state index is 13.0. The highest BCUT2D eigenvalue weighted by molar-refractivity contribution is 5.97. The molecule has 2 N–H and O–H groups in total. The van der Waals surface area contributed by atoms with E-state index in [0.717, 1.165) is 75.6 Å². The molecule has 4 aliphatic heterocycles. The van der Waals surface area contributed by atoms with E-state index in [1.54, 1.807) is 19.0 Å². The molecule has 1 aromatic heterocycles. The molecule has 0 spiro atoms. The molecule has 4 aliphatic rings. The number of aromatic nitrogens is 1. The van der Waals surface area contributed by atoms with Crippen LogP contribution in [0, 0.1) is 0 Å². The summed E-state index contributed by atoms with van der Waals surface area (Å²) in [7, 11) is 5.77. The molecule has 0 aliphatic carbocycles. The highest BCUT2D eigenvalue weighted by atomic mass is 16.2. The van der Waals surface area contributed by atoms with E-state index in [-0.39, 0.29) is 12.1 Å². The second-order valence-electron chi connectivity index (χ2n) is 9.90. The van der Waals surface area contributed by atoms with Gasteiger partial charge in [0.15, 0.2) is 6.17 Å². The van der Waals surface area contributed by atoms with Gasteiger partial charge in [0.25, 0.3) is 5.91 Å². The zero-order valence-electron chi connectivity index (χ0n) is 21.1. The van der Waals surface area contributed by atoms with Crippen molar-refractivity contribution in [3.63, 3.8) is 0 Å². The molecule has 0 saturated carbocycles. The predicted octanol–water partition coefficient (Wildman–Crippen LogP) is 1.49. The van der Waals surface area contributed by atoms with Crippen molar-refractivity contribution in [1.29, 1.82) is 0 Å². The highest BCUT2D eigenvalue weighted by Crippen LogP contribution is 2.33. The second kappa shape index (κ2) is 10.2. The number of carbonyl (C=O) groups excluding carboxylic acids is 1. The van der Waals surface area contributed by atoms with Gasteiger partial charge in [0.1, 0.15) is 11.5 Å². The van der Waals surface area contributed by atoms with Crippen molar-refractivity contribution < 1.29 is 4.79 Å². The predicted molar refractivity (Wildman–Crippen MR) is 139 cm³/mol. The lowest BCUT2D eigenvalue weighted by molar-refractivity contribution is -0.130. The molecular weight excluding hydrogens is 442 g/mol. The minimum Gasteiger partial charge on any atom is -0.369 e. The van der Waals surface area contributed by atoms with E-state index in [1.807, 2.05) is 24.5 Å². The SMILES string of the molecule is CN1CCCN(c2ccc(NC3=NC4C(=CN3)C=C(C(=O)N(C)C)N4N3CCCCC3)nc2)CC1. The summed E-state index contributed by atoms with van der Waals surface area (Å²) in [4.78, 5) is 29.0. The first-order valence-corrected chi connectivity index (χ1v) is 12.7. The average Bonchev–Trinajstić information content (AvgIpc) is 3.11. The number of aliphatic imine (C=N–C) groups is 1. The lowest BCUT2D eigenvalue weighted by Gasteiger charge is -2.41. The van der Waals surface area contributed by atoms with Gasteiger partial charge in [-0.05, 0) is 51.1 Å². The third-order valence-corrected chi connectivity index (χ3v) is 7.05. The normalized spacial score (nSPS) is 23.5. The van der Waals surface area contributed by atoms with E-state index in [0.29, 0.717) is 11.7 Å². The number of hydrazine groups is 1. The number of guanidine groups is 1. The summed E-state index contributed by atoms with van der Waals surface area (Å²) < 4.78 is 0. The van der Waals surface area contributed by atoms with Crippen LogP contribution in [-0.2, 0) is 4.79 Å². The van der Waals surface area contributed by atoms with Crippen molar-refractivity contribution >= 4 is 23.4 Å². The van der Waals surface area contributed by atoms with Crippen molar-refractivity contribution in [2.75, 3.05) is 70.6 Å². The van der Waals surface area contributed by atoms with E-state index in [1.165, 1.54) is 6.42 Å². The maximum Gasteiger partial charge on any atom is 0.271 e. The van der Waals surface area contributed by atoms with Crippen LogP contribution in [0.15, 0.2) is 46.9 Å². The molecule has 10 heteroatoms. The number of pyridine rings is 1. The molecule has 5 heterocycles. The standard InChI is InChI=1S/C25H37N9O/c1-30(2)24(35)21-16-19-17-27-25(29-23(19)34(21)33-12-5-4-6-13-33)28-22-9-8-20(18-26-22)32-11-7-10-31(3)14-15-32/h8-9,16-18,23H,4-7,10-15H2,1-3H3,(H2,26,27,28,29). The Morgan fingerprint density at radius 2 is 1.89 bits per heavy atom. The zero-order chi connectivity index (χ0) is 24.4. The summed E-state index contributed by atoms with van der Waals surface area (Å²) in [6.07, 6.45) is 10.2. The minimum atomic E-state index is -0.260. The number of rotatable bonds is 4. The van der Waals surface area contributed by atoms with Gasteiger partial charge in [-0.1, -0.05) is 6.42 Å². The Morgan fingerprint density at radius 1 is 1.06 bits per heavy atom. The first-order valence-electron chi connectivity index (χ1n) is 12.7.